The third-order valence-corrected chi connectivity index (χ3v) is 5.36. The Morgan fingerprint density at radius 3 is 2.68 bits per heavy atom. The normalized spacial score (nSPS) is 10.7. The Balaban J connectivity index is 1.55. The molecule has 0 saturated carbocycles. The van der Waals surface area contributed by atoms with Crippen molar-refractivity contribution < 1.29 is 14.1 Å². The molecule has 0 aliphatic heterocycles. The van der Waals surface area contributed by atoms with Crippen LogP contribution in [-0.2, 0) is 4.79 Å². The Morgan fingerprint density at radius 2 is 1.97 bits per heavy atom. The largest absolute Gasteiger partial charge is 0.461 e. The van der Waals surface area contributed by atoms with Crippen LogP contribution in [-0.4, -0.2) is 31.3 Å². The molecule has 4 aromatic rings. The summed E-state index contributed by atoms with van der Waals surface area (Å²) in [7, 11) is 0. The number of anilines is 1. The molecule has 2 aromatic carbocycles. The van der Waals surface area contributed by atoms with Gasteiger partial charge in [0.25, 0.3) is 5.69 Å². The van der Waals surface area contributed by atoms with Gasteiger partial charge in [-0.1, -0.05) is 36.0 Å². The van der Waals surface area contributed by atoms with Crippen molar-refractivity contribution in [3.8, 4) is 17.3 Å². The van der Waals surface area contributed by atoms with Gasteiger partial charge in [0.15, 0.2) is 10.9 Å². The van der Waals surface area contributed by atoms with E-state index in [1.54, 1.807) is 31.4 Å². The monoisotopic (exact) mass is 435 g/mol. The Kier molecular flexibility index (Phi) is 5.80. The van der Waals surface area contributed by atoms with Crippen molar-refractivity contribution in [1.29, 1.82) is 0 Å². The standard InChI is InChI=1S/C21H17N5O4S/c1-14-9-10-16(26(28)29)12-17(14)22-19(27)13-31-21-24-23-20(18-8-5-11-30-18)25(21)15-6-3-2-4-7-15/h2-12H,13H2,1H3,(H,22,27). The zero-order chi connectivity index (χ0) is 21.8. The van der Waals surface area contributed by atoms with Crippen LogP contribution in [0.3, 0.4) is 0 Å². The van der Waals surface area contributed by atoms with Crippen molar-refractivity contribution >= 4 is 29.0 Å². The molecule has 0 radical (unpaired) electrons. The highest BCUT2D eigenvalue weighted by atomic mass is 32.2. The number of aromatic nitrogens is 3. The van der Waals surface area contributed by atoms with Gasteiger partial charge in [-0.15, -0.1) is 10.2 Å². The molecule has 9 nitrogen and oxygen atoms in total. The number of hydrogen-bond acceptors (Lipinski definition) is 7. The number of nitro benzene ring substituents is 1. The van der Waals surface area contributed by atoms with E-state index in [2.05, 4.69) is 15.5 Å². The molecule has 0 spiro atoms. The molecule has 31 heavy (non-hydrogen) atoms. The summed E-state index contributed by atoms with van der Waals surface area (Å²) >= 11 is 1.21. The maximum absolute atomic E-state index is 12.5. The molecular weight excluding hydrogens is 418 g/mol. The molecule has 0 aliphatic rings. The fraction of sp³-hybridized carbons (Fsp3) is 0.0952. The molecule has 156 valence electrons. The van der Waals surface area contributed by atoms with Crippen molar-refractivity contribution in [2.75, 3.05) is 11.1 Å². The van der Waals surface area contributed by atoms with E-state index in [4.69, 9.17) is 4.42 Å². The van der Waals surface area contributed by atoms with Gasteiger partial charge in [0.2, 0.25) is 11.7 Å². The number of nitro groups is 1. The fourth-order valence-electron chi connectivity index (χ4n) is 2.91. The SMILES string of the molecule is Cc1ccc([N+](=O)[O-])cc1NC(=O)CSc1nnc(-c2ccco2)n1-c1ccccc1. The van der Waals surface area contributed by atoms with E-state index in [-0.39, 0.29) is 17.3 Å². The van der Waals surface area contributed by atoms with Gasteiger partial charge in [-0.05, 0) is 36.8 Å². The summed E-state index contributed by atoms with van der Waals surface area (Å²) in [5, 5.41) is 22.7. The highest BCUT2D eigenvalue weighted by molar-refractivity contribution is 7.99. The second kappa shape index (κ2) is 8.84. The number of para-hydroxylation sites is 1. The lowest BCUT2D eigenvalue weighted by Gasteiger charge is -2.10. The minimum absolute atomic E-state index is 0.0469. The molecule has 1 N–H and O–H groups in total. The number of nitrogens with one attached hydrogen (secondary N) is 1. The van der Waals surface area contributed by atoms with Gasteiger partial charge in [0.05, 0.1) is 22.6 Å². The molecule has 2 aromatic heterocycles. The molecule has 2 heterocycles. The topological polar surface area (TPSA) is 116 Å². The lowest BCUT2D eigenvalue weighted by molar-refractivity contribution is -0.384. The lowest BCUT2D eigenvalue weighted by atomic mass is 10.2. The van der Waals surface area contributed by atoms with Crippen LogP contribution in [0.15, 0.2) is 76.5 Å². The summed E-state index contributed by atoms with van der Waals surface area (Å²) in [6.07, 6.45) is 1.56. The molecule has 0 unspecified atom stereocenters. The first-order valence-electron chi connectivity index (χ1n) is 9.25. The van der Waals surface area contributed by atoms with Crippen molar-refractivity contribution in [3.63, 3.8) is 0 Å². The number of non-ortho nitro benzene ring substituents is 1. The van der Waals surface area contributed by atoms with Gasteiger partial charge < -0.3 is 9.73 Å². The summed E-state index contributed by atoms with van der Waals surface area (Å²) in [6, 6.07) is 17.4. The molecule has 0 atom stereocenters. The number of furan rings is 1. The van der Waals surface area contributed by atoms with Crippen LogP contribution in [0, 0.1) is 17.0 Å². The summed E-state index contributed by atoms with van der Waals surface area (Å²) in [5.41, 5.74) is 1.88. The van der Waals surface area contributed by atoms with E-state index < -0.39 is 4.92 Å². The second-order valence-electron chi connectivity index (χ2n) is 6.55. The highest BCUT2D eigenvalue weighted by Gasteiger charge is 2.19. The fourth-order valence-corrected chi connectivity index (χ4v) is 3.67. The predicted molar refractivity (Wildman–Crippen MR) is 116 cm³/mol. The Labute approximate surface area is 181 Å². The molecule has 10 heteroatoms. The third-order valence-electron chi connectivity index (χ3n) is 4.43. The third kappa shape index (κ3) is 4.48. The Bertz CT molecular complexity index is 1220. The number of carbonyl (C=O) groups excluding carboxylic acids is 1. The number of hydrogen-bond donors (Lipinski definition) is 1. The first kappa shape index (κ1) is 20.4. The minimum atomic E-state index is -0.498. The maximum atomic E-state index is 12.5. The molecule has 0 saturated heterocycles. The van der Waals surface area contributed by atoms with Crippen molar-refractivity contribution in [3.05, 3.63) is 82.6 Å². The van der Waals surface area contributed by atoms with E-state index in [9.17, 15) is 14.9 Å². The average Bonchev–Trinajstić information content (AvgIpc) is 3.44. The zero-order valence-electron chi connectivity index (χ0n) is 16.4. The van der Waals surface area contributed by atoms with Crippen LogP contribution in [0.2, 0.25) is 0 Å². The van der Waals surface area contributed by atoms with Gasteiger partial charge >= 0.3 is 0 Å². The number of amides is 1. The summed E-state index contributed by atoms with van der Waals surface area (Å²) < 4.78 is 7.29. The van der Waals surface area contributed by atoms with E-state index in [0.717, 1.165) is 11.3 Å². The second-order valence-corrected chi connectivity index (χ2v) is 7.49. The zero-order valence-corrected chi connectivity index (χ0v) is 17.2. The van der Waals surface area contributed by atoms with Gasteiger partial charge in [-0.3, -0.25) is 19.5 Å². The van der Waals surface area contributed by atoms with Crippen molar-refractivity contribution in [1.82, 2.24) is 14.8 Å². The van der Waals surface area contributed by atoms with Gasteiger partial charge in [-0.2, -0.15) is 0 Å². The number of aryl methyl sites for hydroxylation is 1. The molecule has 4 rings (SSSR count). The van der Waals surface area contributed by atoms with Gasteiger partial charge in [0.1, 0.15) is 0 Å². The molecule has 0 bridgehead atoms. The van der Waals surface area contributed by atoms with Crippen LogP contribution in [0.4, 0.5) is 11.4 Å². The maximum Gasteiger partial charge on any atom is 0.271 e. The smallest absolute Gasteiger partial charge is 0.271 e. The molecule has 0 fully saturated rings. The Morgan fingerprint density at radius 1 is 1.16 bits per heavy atom. The highest BCUT2D eigenvalue weighted by Crippen LogP contribution is 2.28. The van der Waals surface area contributed by atoms with E-state index >= 15 is 0 Å². The van der Waals surface area contributed by atoms with Gasteiger partial charge in [0, 0.05) is 17.8 Å². The van der Waals surface area contributed by atoms with Crippen molar-refractivity contribution in [2.24, 2.45) is 0 Å². The predicted octanol–water partition coefficient (Wildman–Crippen LogP) is 4.47. The average molecular weight is 435 g/mol. The van der Waals surface area contributed by atoms with E-state index in [0.29, 0.717) is 22.4 Å². The molecular formula is C21H17N5O4S. The van der Waals surface area contributed by atoms with E-state index in [1.165, 1.54) is 23.9 Å². The number of thioether (sulfide) groups is 1. The first-order chi connectivity index (χ1) is 15.0. The number of carbonyl (C=O) groups is 1. The summed E-state index contributed by atoms with van der Waals surface area (Å²) in [6.45, 7) is 1.77. The van der Waals surface area contributed by atoms with Crippen LogP contribution in [0.1, 0.15) is 5.56 Å². The minimum Gasteiger partial charge on any atom is -0.461 e. The quantitative estimate of drug-likeness (QED) is 0.258. The molecule has 0 aliphatic carbocycles. The van der Waals surface area contributed by atoms with Crippen LogP contribution in [0.25, 0.3) is 17.3 Å². The van der Waals surface area contributed by atoms with Crippen LogP contribution >= 0.6 is 11.8 Å². The number of rotatable bonds is 7. The summed E-state index contributed by atoms with van der Waals surface area (Å²) in [5.74, 6) is 0.815. The lowest BCUT2D eigenvalue weighted by Crippen LogP contribution is -2.15. The first-order valence-corrected chi connectivity index (χ1v) is 10.2. The molecule has 1 amide bonds. The van der Waals surface area contributed by atoms with Crippen LogP contribution < -0.4 is 5.32 Å². The van der Waals surface area contributed by atoms with E-state index in [1.807, 2.05) is 34.9 Å². The summed E-state index contributed by atoms with van der Waals surface area (Å²) in [4.78, 5) is 23.0. The van der Waals surface area contributed by atoms with Crippen molar-refractivity contribution in [2.45, 2.75) is 12.1 Å². The Hall–Kier alpha value is -3.92. The number of benzene rings is 2. The van der Waals surface area contributed by atoms with Gasteiger partial charge in [-0.25, -0.2) is 0 Å². The number of nitrogens with zero attached hydrogens (tertiary/aromatic N) is 4. The van der Waals surface area contributed by atoms with Crippen LogP contribution in [0.5, 0.6) is 0 Å².